The van der Waals surface area contributed by atoms with Crippen molar-refractivity contribution >= 4 is 23.9 Å². The number of amides is 1. The van der Waals surface area contributed by atoms with E-state index >= 15 is 0 Å². The zero-order chi connectivity index (χ0) is 14.7. The van der Waals surface area contributed by atoms with Gasteiger partial charge in [0.05, 0.1) is 5.69 Å². The van der Waals surface area contributed by atoms with Crippen molar-refractivity contribution in [2.24, 2.45) is 5.73 Å². The topological polar surface area (TPSA) is 96.2 Å². The minimum Gasteiger partial charge on any atom is -0.358 e. The van der Waals surface area contributed by atoms with Gasteiger partial charge in [0.2, 0.25) is 12.4 Å². The van der Waals surface area contributed by atoms with Crippen LogP contribution in [0.2, 0.25) is 0 Å². The molecule has 4 N–H and O–H groups in total. The standard InChI is InChI=1S/C13H22N6O/c1-4-19(3)12-11(15-7-20)8(2)16-13(18-12)17-10-5-9(14)6-10/h7,9-10H,4-6,14H2,1-3H3,(H,15,20)(H,16,17,18). The largest absolute Gasteiger partial charge is 0.358 e. The van der Waals surface area contributed by atoms with Gasteiger partial charge in [-0.15, -0.1) is 0 Å². The van der Waals surface area contributed by atoms with Gasteiger partial charge in [0.15, 0.2) is 5.82 Å². The maximum atomic E-state index is 10.7. The molecule has 0 spiro atoms. The van der Waals surface area contributed by atoms with Crippen molar-refractivity contribution < 1.29 is 4.79 Å². The van der Waals surface area contributed by atoms with Crippen molar-refractivity contribution in [1.29, 1.82) is 0 Å². The van der Waals surface area contributed by atoms with Crippen LogP contribution < -0.4 is 21.3 Å². The van der Waals surface area contributed by atoms with Gasteiger partial charge in [0.1, 0.15) is 5.69 Å². The molecule has 1 aliphatic rings. The van der Waals surface area contributed by atoms with E-state index in [1.807, 2.05) is 25.8 Å². The fraction of sp³-hybridized carbons (Fsp3) is 0.615. The molecule has 0 aliphatic heterocycles. The Bertz CT molecular complexity index is 486. The molecule has 20 heavy (non-hydrogen) atoms. The maximum Gasteiger partial charge on any atom is 0.225 e. The highest BCUT2D eigenvalue weighted by Crippen LogP contribution is 2.28. The molecule has 0 aromatic carbocycles. The summed E-state index contributed by atoms with van der Waals surface area (Å²) in [6, 6.07) is 0.622. The van der Waals surface area contributed by atoms with Crippen molar-refractivity contribution in [2.75, 3.05) is 29.1 Å². The molecule has 7 nitrogen and oxygen atoms in total. The molecule has 1 saturated carbocycles. The van der Waals surface area contributed by atoms with Gasteiger partial charge in [-0.25, -0.2) is 4.98 Å². The Morgan fingerprint density at radius 3 is 2.70 bits per heavy atom. The number of aromatic nitrogens is 2. The molecule has 1 aromatic heterocycles. The van der Waals surface area contributed by atoms with E-state index in [2.05, 4.69) is 20.6 Å². The van der Waals surface area contributed by atoms with E-state index in [9.17, 15) is 4.79 Å². The van der Waals surface area contributed by atoms with Gasteiger partial charge in [-0.3, -0.25) is 4.79 Å². The molecule has 110 valence electrons. The van der Waals surface area contributed by atoms with Crippen LogP contribution in [0.15, 0.2) is 0 Å². The summed E-state index contributed by atoms with van der Waals surface area (Å²) < 4.78 is 0. The van der Waals surface area contributed by atoms with E-state index in [1.54, 1.807) is 0 Å². The van der Waals surface area contributed by atoms with Gasteiger partial charge in [0, 0.05) is 25.7 Å². The van der Waals surface area contributed by atoms with Crippen molar-refractivity contribution in [2.45, 2.75) is 38.8 Å². The third-order valence-electron chi connectivity index (χ3n) is 3.62. The van der Waals surface area contributed by atoms with E-state index in [0.717, 1.165) is 30.9 Å². The Labute approximate surface area is 119 Å². The first kappa shape index (κ1) is 14.5. The predicted octanol–water partition coefficient (Wildman–Crippen LogP) is 0.711. The Hall–Kier alpha value is -1.89. The first-order valence-corrected chi connectivity index (χ1v) is 6.87. The van der Waals surface area contributed by atoms with Crippen molar-refractivity contribution in [3.63, 3.8) is 0 Å². The number of nitrogens with one attached hydrogen (secondary N) is 2. The van der Waals surface area contributed by atoms with Crippen molar-refractivity contribution in [3.05, 3.63) is 5.69 Å². The molecule has 7 heteroatoms. The van der Waals surface area contributed by atoms with E-state index in [4.69, 9.17) is 5.73 Å². The first-order chi connectivity index (χ1) is 9.55. The monoisotopic (exact) mass is 278 g/mol. The average molecular weight is 278 g/mol. The molecule has 0 atom stereocenters. The number of hydrogen-bond donors (Lipinski definition) is 3. The highest BCUT2D eigenvalue weighted by Gasteiger charge is 2.27. The molecule has 1 aliphatic carbocycles. The van der Waals surface area contributed by atoms with E-state index in [0.29, 0.717) is 24.1 Å². The van der Waals surface area contributed by atoms with Crippen LogP contribution in [0.3, 0.4) is 0 Å². The maximum absolute atomic E-state index is 10.7. The second-order valence-corrected chi connectivity index (χ2v) is 5.18. The second-order valence-electron chi connectivity index (χ2n) is 5.18. The quantitative estimate of drug-likeness (QED) is 0.663. The molecule has 1 amide bonds. The van der Waals surface area contributed by atoms with Crippen LogP contribution in [-0.4, -0.2) is 42.1 Å². The molecule has 0 radical (unpaired) electrons. The minimum absolute atomic E-state index is 0.280. The van der Waals surface area contributed by atoms with Gasteiger partial charge in [-0.05, 0) is 26.7 Å². The van der Waals surface area contributed by atoms with Crippen molar-refractivity contribution in [1.82, 2.24) is 9.97 Å². The summed E-state index contributed by atoms with van der Waals surface area (Å²) in [7, 11) is 1.93. The van der Waals surface area contributed by atoms with Crippen LogP contribution in [0.25, 0.3) is 0 Å². The molecular weight excluding hydrogens is 256 g/mol. The van der Waals surface area contributed by atoms with Crippen LogP contribution in [0.4, 0.5) is 17.5 Å². The zero-order valence-corrected chi connectivity index (χ0v) is 12.2. The van der Waals surface area contributed by atoms with Crippen LogP contribution in [0.1, 0.15) is 25.5 Å². The number of nitrogens with zero attached hydrogens (tertiary/aromatic N) is 3. The smallest absolute Gasteiger partial charge is 0.225 e. The van der Waals surface area contributed by atoms with Crippen LogP contribution in [0.5, 0.6) is 0 Å². The summed E-state index contributed by atoms with van der Waals surface area (Å²) in [6.07, 6.45) is 2.53. The predicted molar refractivity (Wildman–Crippen MR) is 80.0 cm³/mol. The van der Waals surface area contributed by atoms with Gasteiger partial charge >= 0.3 is 0 Å². The van der Waals surface area contributed by atoms with E-state index in [-0.39, 0.29) is 6.04 Å². The highest BCUT2D eigenvalue weighted by molar-refractivity contribution is 5.81. The van der Waals surface area contributed by atoms with Gasteiger partial charge in [-0.2, -0.15) is 4.98 Å². The first-order valence-electron chi connectivity index (χ1n) is 6.87. The minimum atomic E-state index is 0.280. The second kappa shape index (κ2) is 6.04. The Morgan fingerprint density at radius 1 is 1.45 bits per heavy atom. The van der Waals surface area contributed by atoms with Gasteiger partial charge in [-0.1, -0.05) is 0 Å². The molecule has 1 heterocycles. The lowest BCUT2D eigenvalue weighted by atomic mass is 9.88. The van der Waals surface area contributed by atoms with Crippen molar-refractivity contribution in [3.8, 4) is 0 Å². The molecule has 0 unspecified atom stereocenters. The third kappa shape index (κ3) is 2.98. The highest BCUT2D eigenvalue weighted by atomic mass is 16.1. The zero-order valence-electron chi connectivity index (χ0n) is 12.2. The number of carbonyl (C=O) groups excluding carboxylic acids is 1. The summed E-state index contributed by atoms with van der Waals surface area (Å²) in [4.78, 5) is 21.6. The van der Waals surface area contributed by atoms with Crippen LogP contribution >= 0.6 is 0 Å². The van der Waals surface area contributed by atoms with Gasteiger partial charge in [0.25, 0.3) is 0 Å². The van der Waals surface area contributed by atoms with E-state index < -0.39 is 0 Å². The lowest BCUT2D eigenvalue weighted by Crippen LogP contribution is -2.44. The van der Waals surface area contributed by atoms with E-state index in [1.165, 1.54) is 0 Å². The number of carbonyl (C=O) groups is 1. The number of hydrogen-bond acceptors (Lipinski definition) is 6. The Kier molecular flexibility index (Phi) is 4.39. The molecule has 0 bridgehead atoms. The summed E-state index contributed by atoms with van der Waals surface area (Å²) >= 11 is 0. The lowest BCUT2D eigenvalue weighted by molar-refractivity contribution is -0.105. The molecule has 2 rings (SSSR count). The molecule has 0 saturated heterocycles. The normalized spacial score (nSPS) is 21.0. The number of rotatable bonds is 6. The summed E-state index contributed by atoms with van der Waals surface area (Å²) in [5.41, 5.74) is 7.17. The lowest BCUT2D eigenvalue weighted by Gasteiger charge is -2.33. The number of anilines is 3. The Morgan fingerprint density at radius 2 is 2.15 bits per heavy atom. The molecule has 1 aromatic rings. The van der Waals surface area contributed by atoms with Crippen LogP contribution in [0, 0.1) is 6.92 Å². The fourth-order valence-corrected chi connectivity index (χ4v) is 2.24. The van der Waals surface area contributed by atoms with Gasteiger partial charge < -0.3 is 21.3 Å². The fourth-order valence-electron chi connectivity index (χ4n) is 2.24. The molecule has 1 fully saturated rings. The third-order valence-corrected chi connectivity index (χ3v) is 3.62. The summed E-state index contributed by atoms with van der Waals surface area (Å²) in [5.74, 6) is 1.31. The number of nitrogens with two attached hydrogens (primary N) is 1. The number of aryl methyl sites for hydroxylation is 1. The Balaban J connectivity index is 2.25. The average Bonchev–Trinajstić information content (AvgIpc) is 2.39. The van der Waals surface area contributed by atoms with Crippen LogP contribution in [-0.2, 0) is 4.79 Å². The molecular formula is C13H22N6O. The summed E-state index contributed by atoms with van der Waals surface area (Å²) in [6.45, 7) is 4.68. The summed E-state index contributed by atoms with van der Waals surface area (Å²) in [5, 5.41) is 5.97. The SMILES string of the molecule is CCN(C)c1nc(NC2CC(N)C2)nc(C)c1NC=O.